The molecule has 0 unspecified atom stereocenters. The van der Waals surface area contributed by atoms with Crippen LogP contribution >= 0.6 is 0 Å². The van der Waals surface area contributed by atoms with Crippen LogP contribution < -0.4 is 10.6 Å². The number of rotatable bonds is 5. The Bertz CT molecular complexity index is 476. The van der Waals surface area contributed by atoms with Gasteiger partial charge in [0.15, 0.2) is 0 Å². The lowest BCUT2D eigenvalue weighted by molar-refractivity contribution is -0.126. The van der Waals surface area contributed by atoms with E-state index >= 15 is 0 Å². The smallest absolute Gasteiger partial charge is 0.224 e. The van der Waals surface area contributed by atoms with Crippen molar-refractivity contribution < 1.29 is 9.90 Å². The number of amides is 1. The van der Waals surface area contributed by atoms with Crippen molar-refractivity contribution in [3.63, 3.8) is 0 Å². The predicted molar refractivity (Wildman–Crippen MR) is 84.1 cm³/mol. The van der Waals surface area contributed by atoms with Crippen LogP contribution in [0.15, 0.2) is 24.3 Å². The van der Waals surface area contributed by atoms with E-state index in [0.717, 1.165) is 37.7 Å². The summed E-state index contributed by atoms with van der Waals surface area (Å²) in [5.41, 5.74) is 0.918. The van der Waals surface area contributed by atoms with Gasteiger partial charge in [-0.05, 0) is 25.3 Å². The van der Waals surface area contributed by atoms with E-state index in [1.54, 1.807) is 13.1 Å². The fourth-order valence-corrected chi connectivity index (χ4v) is 3.30. The maximum absolute atomic E-state index is 12.1. The van der Waals surface area contributed by atoms with Gasteiger partial charge >= 0.3 is 0 Å². The Hall–Kier alpha value is -1.55. The number of phenols is 1. The van der Waals surface area contributed by atoms with Crippen LogP contribution in [-0.2, 0) is 4.79 Å². The number of carbonyl (C=O) groups excluding carboxylic acids is 1. The molecule has 1 aliphatic rings. The second-order valence-corrected chi connectivity index (χ2v) is 5.80. The molecule has 116 valence electrons. The van der Waals surface area contributed by atoms with Gasteiger partial charge in [0, 0.05) is 24.7 Å². The van der Waals surface area contributed by atoms with Crippen LogP contribution in [0, 0.1) is 5.92 Å². The molecule has 0 radical (unpaired) electrons. The van der Waals surface area contributed by atoms with Gasteiger partial charge < -0.3 is 15.7 Å². The maximum atomic E-state index is 12.1. The fourth-order valence-electron chi connectivity index (χ4n) is 3.30. The standard InChI is InChI=1S/C17H26N2O2/c1-3-14(12-8-5-7-11-16(12)20)19-15-10-6-4-9-13(15)17(21)18-2/h5,7-8,11,13-15,19-20H,3-4,6,9-10H2,1-2H3,(H,18,21)/t13-,14+,15+/m1/s1. The zero-order valence-electron chi connectivity index (χ0n) is 12.9. The predicted octanol–water partition coefficient (Wildman–Crippen LogP) is 2.74. The average Bonchev–Trinajstić information content (AvgIpc) is 2.53. The van der Waals surface area contributed by atoms with E-state index in [9.17, 15) is 9.90 Å². The van der Waals surface area contributed by atoms with Gasteiger partial charge in [0.2, 0.25) is 5.91 Å². The maximum Gasteiger partial charge on any atom is 0.224 e. The third-order valence-electron chi connectivity index (χ3n) is 4.48. The summed E-state index contributed by atoms with van der Waals surface area (Å²) < 4.78 is 0. The van der Waals surface area contributed by atoms with Crippen molar-refractivity contribution in [3.8, 4) is 5.75 Å². The van der Waals surface area contributed by atoms with E-state index in [1.165, 1.54) is 0 Å². The molecular weight excluding hydrogens is 264 g/mol. The highest BCUT2D eigenvalue weighted by Gasteiger charge is 2.32. The van der Waals surface area contributed by atoms with Crippen molar-refractivity contribution >= 4 is 5.91 Å². The quantitative estimate of drug-likeness (QED) is 0.781. The van der Waals surface area contributed by atoms with E-state index in [0.29, 0.717) is 5.75 Å². The van der Waals surface area contributed by atoms with Gasteiger partial charge in [-0.3, -0.25) is 4.79 Å². The van der Waals surface area contributed by atoms with Gasteiger partial charge in [0.1, 0.15) is 5.75 Å². The summed E-state index contributed by atoms with van der Waals surface area (Å²) >= 11 is 0. The van der Waals surface area contributed by atoms with Gasteiger partial charge in [-0.15, -0.1) is 0 Å². The van der Waals surface area contributed by atoms with Gasteiger partial charge in [-0.2, -0.15) is 0 Å². The summed E-state index contributed by atoms with van der Waals surface area (Å²) in [7, 11) is 1.70. The zero-order valence-corrected chi connectivity index (χ0v) is 12.9. The molecule has 1 fully saturated rings. The zero-order chi connectivity index (χ0) is 15.2. The van der Waals surface area contributed by atoms with Crippen LogP contribution in [0.1, 0.15) is 50.6 Å². The van der Waals surface area contributed by atoms with Crippen LogP contribution in [0.5, 0.6) is 5.75 Å². The average molecular weight is 290 g/mol. The Labute approximate surface area is 126 Å². The first kappa shape index (κ1) is 15.8. The molecule has 0 heterocycles. The molecule has 0 aromatic heterocycles. The van der Waals surface area contributed by atoms with Crippen LogP contribution in [0.3, 0.4) is 0 Å². The minimum Gasteiger partial charge on any atom is -0.508 e. The highest BCUT2D eigenvalue weighted by molar-refractivity contribution is 5.79. The highest BCUT2D eigenvalue weighted by atomic mass is 16.3. The molecule has 0 saturated heterocycles. The number of phenolic OH excluding ortho intramolecular Hbond substituents is 1. The molecule has 0 aliphatic heterocycles. The molecule has 1 saturated carbocycles. The van der Waals surface area contributed by atoms with E-state index in [1.807, 2.05) is 18.2 Å². The Morgan fingerprint density at radius 3 is 2.71 bits per heavy atom. The summed E-state index contributed by atoms with van der Waals surface area (Å²) in [6.07, 6.45) is 5.11. The summed E-state index contributed by atoms with van der Waals surface area (Å²) in [6.45, 7) is 2.10. The van der Waals surface area contributed by atoms with Crippen molar-refractivity contribution in [1.29, 1.82) is 0 Å². The topological polar surface area (TPSA) is 61.4 Å². The third-order valence-corrected chi connectivity index (χ3v) is 4.48. The molecule has 3 atom stereocenters. The van der Waals surface area contributed by atoms with Crippen LogP contribution in [-0.4, -0.2) is 24.1 Å². The molecule has 4 nitrogen and oxygen atoms in total. The van der Waals surface area contributed by atoms with Crippen LogP contribution in [0.25, 0.3) is 0 Å². The molecule has 2 rings (SSSR count). The molecule has 1 aromatic carbocycles. The Morgan fingerprint density at radius 2 is 2.05 bits per heavy atom. The minimum atomic E-state index is 0.0312. The Morgan fingerprint density at radius 1 is 1.33 bits per heavy atom. The largest absolute Gasteiger partial charge is 0.508 e. The fraction of sp³-hybridized carbons (Fsp3) is 0.588. The van der Waals surface area contributed by atoms with E-state index in [4.69, 9.17) is 0 Å². The third kappa shape index (κ3) is 3.76. The van der Waals surface area contributed by atoms with Crippen molar-refractivity contribution in [1.82, 2.24) is 10.6 Å². The van der Waals surface area contributed by atoms with Crippen LogP contribution in [0.4, 0.5) is 0 Å². The lowest BCUT2D eigenvalue weighted by Crippen LogP contribution is -2.46. The summed E-state index contributed by atoms with van der Waals surface area (Å²) in [5.74, 6) is 0.479. The lowest BCUT2D eigenvalue weighted by atomic mass is 9.83. The van der Waals surface area contributed by atoms with Crippen molar-refractivity contribution in [2.75, 3.05) is 7.05 Å². The number of benzene rings is 1. The molecule has 3 N–H and O–H groups in total. The molecule has 0 bridgehead atoms. The first-order chi connectivity index (χ1) is 10.2. The Kier molecular flexibility index (Phi) is 5.62. The van der Waals surface area contributed by atoms with E-state index in [2.05, 4.69) is 17.6 Å². The lowest BCUT2D eigenvalue weighted by Gasteiger charge is -2.34. The molecule has 1 aliphatic carbocycles. The summed E-state index contributed by atoms with van der Waals surface area (Å²) in [4.78, 5) is 12.1. The molecule has 0 spiro atoms. The molecule has 1 aromatic rings. The molecule has 4 heteroatoms. The first-order valence-electron chi connectivity index (χ1n) is 7.92. The molecular formula is C17H26N2O2. The van der Waals surface area contributed by atoms with E-state index < -0.39 is 0 Å². The molecule has 21 heavy (non-hydrogen) atoms. The highest BCUT2D eigenvalue weighted by Crippen LogP contribution is 2.31. The number of carbonyl (C=O) groups is 1. The van der Waals surface area contributed by atoms with Gasteiger partial charge in [-0.25, -0.2) is 0 Å². The number of hydrogen-bond donors (Lipinski definition) is 3. The van der Waals surface area contributed by atoms with Crippen molar-refractivity contribution in [2.45, 2.75) is 51.1 Å². The number of aromatic hydroxyl groups is 1. The number of nitrogens with one attached hydrogen (secondary N) is 2. The number of para-hydroxylation sites is 1. The summed E-state index contributed by atoms with van der Waals surface area (Å²) in [5, 5.41) is 16.4. The minimum absolute atomic E-state index is 0.0312. The van der Waals surface area contributed by atoms with E-state index in [-0.39, 0.29) is 23.9 Å². The van der Waals surface area contributed by atoms with Gasteiger partial charge in [-0.1, -0.05) is 38.0 Å². The SMILES string of the molecule is CC[C@H](N[C@H]1CCCC[C@H]1C(=O)NC)c1ccccc1O. The monoisotopic (exact) mass is 290 g/mol. The van der Waals surface area contributed by atoms with Gasteiger partial charge in [0.05, 0.1) is 5.92 Å². The Balaban J connectivity index is 2.13. The number of hydrogen-bond acceptors (Lipinski definition) is 3. The summed E-state index contributed by atoms with van der Waals surface area (Å²) in [6, 6.07) is 7.71. The second-order valence-electron chi connectivity index (χ2n) is 5.80. The van der Waals surface area contributed by atoms with Crippen molar-refractivity contribution in [3.05, 3.63) is 29.8 Å². The van der Waals surface area contributed by atoms with Gasteiger partial charge in [0.25, 0.3) is 0 Å². The first-order valence-corrected chi connectivity index (χ1v) is 7.92. The normalized spacial score (nSPS) is 23.5. The second kappa shape index (κ2) is 7.46. The van der Waals surface area contributed by atoms with Crippen molar-refractivity contribution in [2.24, 2.45) is 5.92 Å². The molecule has 1 amide bonds. The van der Waals surface area contributed by atoms with Crippen LogP contribution in [0.2, 0.25) is 0 Å².